The summed E-state index contributed by atoms with van der Waals surface area (Å²) in [5.41, 5.74) is 1.09. The molecule has 0 radical (unpaired) electrons. The maximum atomic E-state index is 12.4. The van der Waals surface area contributed by atoms with Crippen molar-refractivity contribution >= 4 is 34.5 Å². The average Bonchev–Trinajstić information content (AvgIpc) is 3.09. The Morgan fingerprint density at radius 3 is 2.86 bits per heavy atom. The molecule has 2 unspecified atom stereocenters. The number of fused-ring (bicyclic) bond motifs is 1. The van der Waals surface area contributed by atoms with Crippen LogP contribution in [0.1, 0.15) is 26.2 Å². The fourth-order valence-electron chi connectivity index (χ4n) is 3.94. The van der Waals surface area contributed by atoms with E-state index in [1.54, 1.807) is 11.8 Å². The highest BCUT2D eigenvalue weighted by molar-refractivity contribution is 8.00. The molecule has 28 heavy (non-hydrogen) atoms. The third-order valence-electron chi connectivity index (χ3n) is 5.40. The molecule has 2 saturated heterocycles. The van der Waals surface area contributed by atoms with Crippen LogP contribution in [0.2, 0.25) is 0 Å². The molecular weight excluding hydrogens is 374 g/mol. The Morgan fingerprint density at radius 2 is 2.07 bits per heavy atom. The second kappa shape index (κ2) is 8.55. The molecule has 3 heterocycles. The van der Waals surface area contributed by atoms with Gasteiger partial charge < -0.3 is 15.6 Å². The van der Waals surface area contributed by atoms with Gasteiger partial charge in [0.05, 0.1) is 5.75 Å². The molecule has 0 saturated carbocycles. The second-order valence-electron chi connectivity index (χ2n) is 7.61. The zero-order chi connectivity index (χ0) is 19.5. The van der Waals surface area contributed by atoms with Crippen LogP contribution < -0.4 is 16.0 Å². The molecule has 0 spiro atoms. The summed E-state index contributed by atoms with van der Waals surface area (Å²) < 4.78 is 0. The lowest BCUT2D eigenvalue weighted by Crippen LogP contribution is -2.65. The van der Waals surface area contributed by atoms with E-state index in [4.69, 9.17) is 0 Å². The summed E-state index contributed by atoms with van der Waals surface area (Å²) in [7, 11) is 0. The first-order valence-electron chi connectivity index (χ1n) is 9.86. The Hall–Kier alpha value is -2.03. The first-order valence-corrected chi connectivity index (χ1v) is 10.8. The topological polar surface area (TPSA) is 89.3 Å². The van der Waals surface area contributed by atoms with Gasteiger partial charge in [-0.2, -0.15) is 0 Å². The van der Waals surface area contributed by atoms with E-state index in [9.17, 15) is 9.59 Å². The number of aromatic amines is 1. The molecule has 0 aliphatic carbocycles. The Bertz CT molecular complexity index is 846. The molecule has 4 N–H and O–H groups in total. The molecule has 2 aliphatic rings. The van der Waals surface area contributed by atoms with Crippen LogP contribution >= 0.6 is 11.8 Å². The van der Waals surface area contributed by atoms with E-state index in [0.717, 1.165) is 41.7 Å². The van der Waals surface area contributed by atoms with Gasteiger partial charge in [-0.05, 0) is 25.8 Å². The number of hydrogen-bond acceptors (Lipinski definition) is 5. The van der Waals surface area contributed by atoms with E-state index < -0.39 is 0 Å². The summed E-state index contributed by atoms with van der Waals surface area (Å²) >= 11 is 1.57. The number of nitrogens with one attached hydrogen (secondary N) is 4. The minimum Gasteiger partial charge on any atom is -0.360 e. The Morgan fingerprint density at radius 1 is 1.29 bits per heavy atom. The minimum atomic E-state index is -0.0923. The smallest absolute Gasteiger partial charge is 0.230 e. The van der Waals surface area contributed by atoms with Crippen molar-refractivity contribution in [2.75, 3.05) is 18.8 Å². The number of H-pyrrole nitrogens is 1. The van der Waals surface area contributed by atoms with Gasteiger partial charge in [0.2, 0.25) is 11.8 Å². The number of aromatic nitrogens is 1. The zero-order valence-corrected chi connectivity index (χ0v) is 16.8. The van der Waals surface area contributed by atoms with Crippen molar-refractivity contribution in [3.05, 3.63) is 30.5 Å². The lowest BCUT2D eigenvalue weighted by atomic mass is 10.0. The highest BCUT2D eigenvalue weighted by Crippen LogP contribution is 2.27. The third-order valence-corrected chi connectivity index (χ3v) is 6.46. The van der Waals surface area contributed by atoms with Crippen LogP contribution in [0.4, 0.5) is 0 Å². The summed E-state index contributed by atoms with van der Waals surface area (Å²) in [5, 5.41) is 10.8. The van der Waals surface area contributed by atoms with Gasteiger partial charge >= 0.3 is 0 Å². The molecule has 2 aliphatic heterocycles. The highest BCUT2D eigenvalue weighted by atomic mass is 32.2. The van der Waals surface area contributed by atoms with Gasteiger partial charge in [0, 0.05) is 53.6 Å². The quantitative estimate of drug-likeness (QED) is 0.572. The Labute approximate surface area is 169 Å². The van der Waals surface area contributed by atoms with Gasteiger partial charge in [0.25, 0.3) is 0 Å². The van der Waals surface area contributed by atoms with Gasteiger partial charge in [0.1, 0.15) is 6.29 Å². The molecule has 0 bridgehead atoms. The predicted octanol–water partition coefficient (Wildman–Crippen LogP) is 1.62. The second-order valence-corrected chi connectivity index (χ2v) is 8.62. The standard InChI is InChI=1S/C20H27N5O2S/c1-13-10-18(26)24-20(22-13)25-8-6-14(7-9-25)23-19(27)12-28-17-11-21-16-5-3-2-4-15(16)17/h2-5,11,13-14,20-22H,6-10,12H2,1H3,(H,23,27)(H,24,26). The van der Waals surface area contributed by atoms with Crippen LogP contribution in [0, 0.1) is 0 Å². The van der Waals surface area contributed by atoms with Crippen molar-refractivity contribution in [2.45, 2.75) is 49.5 Å². The highest BCUT2D eigenvalue weighted by Gasteiger charge is 2.30. The van der Waals surface area contributed by atoms with E-state index in [2.05, 4.69) is 31.9 Å². The fourth-order valence-corrected chi connectivity index (χ4v) is 4.78. The van der Waals surface area contributed by atoms with Crippen LogP contribution in [-0.4, -0.2) is 58.9 Å². The van der Waals surface area contributed by atoms with Gasteiger partial charge in [-0.15, -0.1) is 11.8 Å². The number of carbonyl (C=O) groups is 2. The number of likely N-dealkylation sites (tertiary alicyclic amines) is 1. The van der Waals surface area contributed by atoms with Gasteiger partial charge in [-0.3, -0.25) is 19.8 Å². The maximum Gasteiger partial charge on any atom is 0.230 e. The number of piperidine rings is 1. The summed E-state index contributed by atoms with van der Waals surface area (Å²) in [5.74, 6) is 0.590. The Balaban J connectivity index is 1.22. The largest absolute Gasteiger partial charge is 0.360 e. The first-order chi connectivity index (χ1) is 13.6. The predicted molar refractivity (Wildman–Crippen MR) is 111 cm³/mol. The summed E-state index contributed by atoms with van der Waals surface area (Å²) in [6.45, 7) is 3.74. The Kier molecular flexibility index (Phi) is 5.89. The van der Waals surface area contributed by atoms with Crippen LogP contribution in [0.3, 0.4) is 0 Å². The first kappa shape index (κ1) is 19.3. The molecule has 2 fully saturated rings. The summed E-state index contributed by atoms with van der Waals surface area (Å²) in [6.07, 6.45) is 4.19. The minimum absolute atomic E-state index is 0.0754. The number of carbonyl (C=O) groups excluding carboxylic acids is 2. The molecule has 1 aromatic carbocycles. The molecule has 1 aromatic heterocycles. The maximum absolute atomic E-state index is 12.4. The van der Waals surface area contributed by atoms with Gasteiger partial charge in [0.15, 0.2) is 0 Å². The molecule has 2 aromatic rings. The summed E-state index contributed by atoms with van der Waals surface area (Å²) in [4.78, 5) is 30.7. The van der Waals surface area contributed by atoms with E-state index in [1.165, 1.54) is 0 Å². The van der Waals surface area contributed by atoms with E-state index in [-0.39, 0.29) is 30.2 Å². The van der Waals surface area contributed by atoms with Crippen molar-refractivity contribution in [1.29, 1.82) is 0 Å². The zero-order valence-electron chi connectivity index (χ0n) is 16.0. The van der Waals surface area contributed by atoms with Crippen molar-refractivity contribution < 1.29 is 9.59 Å². The number of nitrogens with zero attached hydrogens (tertiary/aromatic N) is 1. The lowest BCUT2D eigenvalue weighted by molar-refractivity contribution is -0.127. The molecule has 8 heteroatoms. The molecular formula is C20H27N5O2S. The van der Waals surface area contributed by atoms with Crippen LogP contribution in [0.5, 0.6) is 0 Å². The fraction of sp³-hybridized carbons (Fsp3) is 0.500. The van der Waals surface area contributed by atoms with Gasteiger partial charge in [-0.1, -0.05) is 18.2 Å². The molecule has 2 amide bonds. The van der Waals surface area contributed by atoms with E-state index >= 15 is 0 Å². The number of thioether (sulfide) groups is 1. The van der Waals surface area contributed by atoms with Crippen LogP contribution in [0.15, 0.2) is 35.4 Å². The normalized spacial score (nSPS) is 24.2. The number of amides is 2. The average molecular weight is 402 g/mol. The van der Waals surface area contributed by atoms with Crippen molar-refractivity contribution in [1.82, 2.24) is 25.8 Å². The molecule has 4 rings (SSSR count). The van der Waals surface area contributed by atoms with Gasteiger partial charge in [-0.25, -0.2) is 0 Å². The van der Waals surface area contributed by atoms with Crippen molar-refractivity contribution in [2.24, 2.45) is 0 Å². The molecule has 7 nitrogen and oxygen atoms in total. The lowest BCUT2D eigenvalue weighted by Gasteiger charge is -2.41. The number of para-hydroxylation sites is 1. The molecule has 150 valence electrons. The van der Waals surface area contributed by atoms with Crippen LogP contribution in [0.25, 0.3) is 10.9 Å². The monoisotopic (exact) mass is 401 g/mol. The van der Waals surface area contributed by atoms with E-state index in [0.29, 0.717) is 12.2 Å². The molecule has 2 atom stereocenters. The number of rotatable bonds is 5. The van der Waals surface area contributed by atoms with Crippen molar-refractivity contribution in [3.8, 4) is 0 Å². The van der Waals surface area contributed by atoms with Crippen molar-refractivity contribution in [3.63, 3.8) is 0 Å². The van der Waals surface area contributed by atoms with E-state index in [1.807, 2.05) is 31.3 Å². The number of benzene rings is 1. The third kappa shape index (κ3) is 4.51. The number of hydrogen-bond donors (Lipinski definition) is 4. The summed E-state index contributed by atoms with van der Waals surface area (Å²) in [6, 6.07) is 8.51. The van der Waals surface area contributed by atoms with Crippen LogP contribution in [-0.2, 0) is 9.59 Å². The SMILES string of the molecule is CC1CC(=O)NC(N2CCC(NC(=O)CSc3c[nH]c4ccccc34)CC2)N1.